The first-order valence-corrected chi connectivity index (χ1v) is 12.1. The van der Waals surface area contributed by atoms with E-state index >= 15 is 0 Å². The lowest BCUT2D eigenvalue weighted by atomic mass is 10.1. The molecule has 0 aromatic rings. The molecule has 1 atom stereocenters. The van der Waals surface area contributed by atoms with Gasteiger partial charge in [-0.3, -0.25) is 0 Å². The molecule has 0 N–H and O–H groups in total. The molecule has 0 spiro atoms. The zero-order valence-electron chi connectivity index (χ0n) is 18.7. The van der Waals surface area contributed by atoms with Crippen LogP contribution in [0, 0.1) is 11.8 Å². The van der Waals surface area contributed by atoms with E-state index in [4.69, 9.17) is 14.2 Å². The van der Waals surface area contributed by atoms with Gasteiger partial charge in [-0.2, -0.15) is 0 Å². The average molecular weight is 395 g/mol. The first-order valence-electron chi connectivity index (χ1n) is 12.1. The summed E-state index contributed by atoms with van der Waals surface area (Å²) in [5, 5.41) is 0. The second-order valence-electron chi connectivity index (χ2n) is 8.11. The molecule has 1 saturated heterocycles. The molecule has 164 valence electrons. The van der Waals surface area contributed by atoms with E-state index in [1.807, 2.05) is 0 Å². The van der Waals surface area contributed by atoms with E-state index in [9.17, 15) is 0 Å². The molecule has 1 unspecified atom stereocenters. The molecule has 0 amide bonds. The van der Waals surface area contributed by atoms with Crippen molar-refractivity contribution >= 4 is 0 Å². The van der Waals surface area contributed by atoms with Crippen LogP contribution in [0.5, 0.6) is 0 Å². The Labute approximate surface area is 175 Å². The normalized spacial score (nSPS) is 16.7. The second-order valence-corrected chi connectivity index (χ2v) is 8.11. The van der Waals surface area contributed by atoms with Crippen LogP contribution < -0.4 is 0 Å². The fourth-order valence-corrected chi connectivity index (χ4v) is 3.60. The Balaban J connectivity index is 1.70. The van der Waals surface area contributed by atoms with Crippen LogP contribution in [0.25, 0.3) is 0 Å². The summed E-state index contributed by atoms with van der Waals surface area (Å²) in [7, 11) is 1.78. The third kappa shape index (κ3) is 17.5. The van der Waals surface area contributed by atoms with E-state index in [-0.39, 0.29) is 6.29 Å². The van der Waals surface area contributed by atoms with Gasteiger partial charge in [0.15, 0.2) is 6.29 Å². The number of ether oxygens (including phenoxy) is 3. The predicted octanol–water partition coefficient (Wildman–Crippen LogP) is 7.03. The third-order valence-electron chi connectivity index (χ3n) is 5.41. The van der Waals surface area contributed by atoms with Crippen molar-refractivity contribution in [3.63, 3.8) is 0 Å². The summed E-state index contributed by atoms with van der Waals surface area (Å²) in [4.78, 5) is 0. The lowest BCUT2D eigenvalue weighted by Gasteiger charge is -2.22. The highest BCUT2D eigenvalue weighted by Crippen LogP contribution is 2.15. The largest absolute Gasteiger partial charge is 0.385 e. The van der Waals surface area contributed by atoms with Crippen molar-refractivity contribution in [3.05, 3.63) is 0 Å². The fourth-order valence-electron chi connectivity index (χ4n) is 3.60. The van der Waals surface area contributed by atoms with E-state index < -0.39 is 0 Å². The Morgan fingerprint density at radius 2 is 1.21 bits per heavy atom. The molecule has 1 aliphatic rings. The number of methoxy groups -OCH3 is 1. The van der Waals surface area contributed by atoms with Crippen molar-refractivity contribution in [1.29, 1.82) is 0 Å². The molecule has 0 radical (unpaired) electrons. The van der Waals surface area contributed by atoms with Crippen molar-refractivity contribution in [1.82, 2.24) is 0 Å². The summed E-state index contributed by atoms with van der Waals surface area (Å²) in [6.07, 6.45) is 22.8. The van der Waals surface area contributed by atoms with Crippen LogP contribution >= 0.6 is 0 Å². The Kier molecular flexibility index (Phi) is 19.2. The van der Waals surface area contributed by atoms with Gasteiger partial charge in [-0.15, -0.1) is 11.8 Å². The highest BCUT2D eigenvalue weighted by Gasteiger charge is 2.13. The standard InChI is InChI=1S/C25H46O3/c1-26-22-18-15-13-11-9-7-5-3-2-4-6-8-10-12-14-16-19-23-27-25-21-17-20-24-28-25/h25H,4-24H2,1H3. The van der Waals surface area contributed by atoms with Gasteiger partial charge in [-0.25, -0.2) is 0 Å². The van der Waals surface area contributed by atoms with Gasteiger partial charge in [0.25, 0.3) is 0 Å². The van der Waals surface area contributed by atoms with Gasteiger partial charge in [0.05, 0.1) is 0 Å². The van der Waals surface area contributed by atoms with Crippen molar-refractivity contribution in [3.8, 4) is 11.8 Å². The third-order valence-corrected chi connectivity index (χ3v) is 5.41. The van der Waals surface area contributed by atoms with Crippen molar-refractivity contribution in [2.24, 2.45) is 0 Å². The molecule has 0 bridgehead atoms. The first kappa shape index (κ1) is 25.5. The van der Waals surface area contributed by atoms with E-state index in [2.05, 4.69) is 11.8 Å². The maximum atomic E-state index is 5.77. The van der Waals surface area contributed by atoms with Crippen molar-refractivity contribution in [2.75, 3.05) is 26.9 Å². The maximum absolute atomic E-state index is 5.77. The minimum absolute atomic E-state index is 0.0842. The number of unbranched alkanes of at least 4 members (excludes halogenated alkanes) is 13. The molecular weight excluding hydrogens is 348 g/mol. The molecule has 1 fully saturated rings. The number of hydrogen-bond donors (Lipinski definition) is 0. The molecule has 0 aliphatic carbocycles. The Morgan fingerprint density at radius 3 is 1.75 bits per heavy atom. The van der Waals surface area contributed by atoms with Gasteiger partial charge in [-0.1, -0.05) is 57.8 Å². The minimum Gasteiger partial charge on any atom is -0.385 e. The van der Waals surface area contributed by atoms with Crippen LogP contribution in [0.4, 0.5) is 0 Å². The molecule has 0 aromatic carbocycles. The van der Waals surface area contributed by atoms with Crippen molar-refractivity contribution in [2.45, 2.75) is 122 Å². The van der Waals surface area contributed by atoms with Gasteiger partial charge >= 0.3 is 0 Å². The van der Waals surface area contributed by atoms with Gasteiger partial charge in [0.2, 0.25) is 0 Å². The molecular formula is C25H46O3. The van der Waals surface area contributed by atoms with Crippen LogP contribution in [0.2, 0.25) is 0 Å². The number of rotatable bonds is 18. The van der Waals surface area contributed by atoms with E-state index in [0.29, 0.717) is 0 Å². The van der Waals surface area contributed by atoms with E-state index in [1.54, 1.807) is 7.11 Å². The molecule has 1 rings (SSSR count). The lowest BCUT2D eigenvalue weighted by Crippen LogP contribution is -2.22. The van der Waals surface area contributed by atoms with Gasteiger partial charge in [-0.05, 0) is 44.9 Å². The van der Waals surface area contributed by atoms with Crippen LogP contribution in [0.15, 0.2) is 0 Å². The fraction of sp³-hybridized carbons (Fsp3) is 0.920. The summed E-state index contributed by atoms with van der Waals surface area (Å²) in [5.41, 5.74) is 0. The zero-order valence-corrected chi connectivity index (χ0v) is 18.7. The molecule has 3 heteroatoms. The lowest BCUT2D eigenvalue weighted by molar-refractivity contribution is -0.162. The zero-order chi connectivity index (χ0) is 20.0. The van der Waals surface area contributed by atoms with E-state index in [0.717, 1.165) is 39.1 Å². The van der Waals surface area contributed by atoms with Crippen LogP contribution in [-0.2, 0) is 14.2 Å². The summed E-state index contributed by atoms with van der Waals surface area (Å²) in [5.74, 6) is 6.71. The van der Waals surface area contributed by atoms with E-state index in [1.165, 1.54) is 96.3 Å². The SMILES string of the molecule is COCCCCCCCCC#CCCCCCCCCCOC1CCCCO1. The quantitative estimate of drug-likeness (QED) is 0.184. The first-order chi connectivity index (χ1) is 13.9. The highest BCUT2D eigenvalue weighted by atomic mass is 16.7. The molecule has 1 heterocycles. The number of hydrogen-bond acceptors (Lipinski definition) is 3. The van der Waals surface area contributed by atoms with Gasteiger partial charge in [0, 0.05) is 39.8 Å². The summed E-state index contributed by atoms with van der Waals surface area (Å²) in [6.45, 7) is 2.66. The average Bonchev–Trinajstić information content (AvgIpc) is 2.73. The summed E-state index contributed by atoms with van der Waals surface area (Å²) >= 11 is 0. The molecule has 0 saturated carbocycles. The monoisotopic (exact) mass is 394 g/mol. The molecule has 28 heavy (non-hydrogen) atoms. The summed E-state index contributed by atoms with van der Waals surface area (Å²) in [6, 6.07) is 0. The summed E-state index contributed by atoms with van der Waals surface area (Å²) < 4.78 is 16.4. The Hall–Kier alpha value is -0.560. The van der Waals surface area contributed by atoms with Crippen LogP contribution in [0.3, 0.4) is 0 Å². The Morgan fingerprint density at radius 1 is 0.679 bits per heavy atom. The minimum atomic E-state index is 0.0842. The van der Waals surface area contributed by atoms with Crippen LogP contribution in [0.1, 0.15) is 116 Å². The topological polar surface area (TPSA) is 27.7 Å². The second kappa shape index (κ2) is 21.2. The molecule has 3 nitrogen and oxygen atoms in total. The van der Waals surface area contributed by atoms with Gasteiger partial charge in [0.1, 0.15) is 0 Å². The van der Waals surface area contributed by atoms with Gasteiger partial charge < -0.3 is 14.2 Å². The molecule has 1 aliphatic heterocycles. The smallest absolute Gasteiger partial charge is 0.157 e. The molecule has 0 aromatic heterocycles. The highest BCUT2D eigenvalue weighted by molar-refractivity contribution is 4.98. The predicted molar refractivity (Wildman–Crippen MR) is 118 cm³/mol. The van der Waals surface area contributed by atoms with Crippen LogP contribution in [-0.4, -0.2) is 33.2 Å². The maximum Gasteiger partial charge on any atom is 0.157 e. The van der Waals surface area contributed by atoms with Crippen molar-refractivity contribution < 1.29 is 14.2 Å². The Bertz CT molecular complexity index is 366.